The van der Waals surface area contributed by atoms with Crippen LogP contribution in [0.2, 0.25) is 0 Å². The molecule has 94 valence electrons. The maximum atomic E-state index is 12.6. The Labute approximate surface area is 99.4 Å². The van der Waals surface area contributed by atoms with Crippen LogP contribution in [0.3, 0.4) is 0 Å². The van der Waals surface area contributed by atoms with Gasteiger partial charge in [-0.25, -0.2) is 0 Å². The summed E-state index contributed by atoms with van der Waals surface area (Å²) in [7, 11) is 0. The molecule has 0 radical (unpaired) electrons. The van der Waals surface area contributed by atoms with E-state index in [0.29, 0.717) is 0 Å². The fourth-order valence-electron chi connectivity index (χ4n) is 2.62. The summed E-state index contributed by atoms with van der Waals surface area (Å²) >= 11 is 0. The summed E-state index contributed by atoms with van der Waals surface area (Å²) < 4.78 is 0. The van der Waals surface area contributed by atoms with Crippen molar-refractivity contribution in [2.45, 2.75) is 65.5 Å². The predicted molar refractivity (Wildman–Crippen MR) is 67.1 cm³/mol. The van der Waals surface area contributed by atoms with Gasteiger partial charge in [-0.3, -0.25) is 4.79 Å². The van der Waals surface area contributed by atoms with Gasteiger partial charge in [-0.2, -0.15) is 0 Å². The van der Waals surface area contributed by atoms with Gasteiger partial charge in [-0.15, -0.1) is 0 Å². The van der Waals surface area contributed by atoms with Crippen LogP contribution >= 0.6 is 0 Å². The van der Waals surface area contributed by atoms with Crippen LogP contribution in [0.5, 0.6) is 0 Å². The van der Waals surface area contributed by atoms with Crippen LogP contribution in [0.25, 0.3) is 0 Å². The number of carbonyl (C=O) groups excluding carboxylic acids is 1. The Kier molecular flexibility index (Phi) is 4.36. The summed E-state index contributed by atoms with van der Waals surface area (Å²) in [6, 6.07) is 0.315. The summed E-state index contributed by atoms with van der Waals surface area (Å²) in [5.41, 5.74) is 5.78. The van der Waals surface area contributed by atoms with Gasteiger partial charge >= 0.3 is 0 Å². The van der Waals surface area contributed by atoms with Crippen LogP contribution in [0, 0.1) is 5.41 Å². The molecule has 1 aliphatic rings. The van der Waals surface area contributed by atoms with Gasteiger partial charge in [0.2, 0.25) is 5.91 Å². The molecule has 0 aromatic carbocycles. The number of carbonyl (C=O) groups is 1. The Bertz CT molecular complexity index is 252. The highest BCUT2D eigenvalue weighted by atomic mass is 16.2. The van der Waals surface area contributed by atoms with Crippen molar-refractivity contribution >= 4 is 5.91 Å². The molecule has 1 fully saturated rings. The summed E-state index contributed by atoms with van der Waals surface area (Å²) in [5.74, 6) is 0.259. The van der Waals surface area contributed by atoms with Crippen LogP contribution in [-0.2, 0) is 4.79 Å². The van der Waals surface area contributed by atoms with Crippen molar-refractivity contribution in [2.24, 2.45) is 11.1 Å². The van der Waals surface area contributed by atoms with E-state index in [4.69, 9.17) is 5.73 Å². The minimum absolute atomic E-state index is 0.0399. The lowest BCUT2D eigenvalue weighted by Crippen LogP contribution is -2.51. The van der Waals surface area contributed by atoms with E-state index in [2.05, 4.69) is 20.8 Å². The molecule has 0 bridgehead atoms. The number of nitrogens with two attached hydrogens (primary N) is 1. The molecule has 0 aromatic heterocycles. The Morgan fingerprint density at radius 1 is 1.56 bits per heavy atom. The third kappa shape index (κ3) is 2.40. The summed E-state index contributed by atoms with van der Waals surface area (Å²) in [6.45, 7) is 9.16. The third-order valence-corrected chi connectivity index (χ3v) is 3.87. The van der Waals surface area contributed by atoms with Crippen molar-refractivity contribution in [1.82, 2.24) is 4.90 Å². The molecule has 1 rings (SSSR count). The van der Waals surface area contributed by atoms with E-state index >= 15 is 0 Å². The zero-order valence-corrected chi connectivity index (χ0v) is 11.1. The third-order valence-electron chi connectivity index (χ3n) is 3.87. The van der Waals surface area contributed by atoms with E-state index in [9.17, 15) is 4.79 Å². The van der Waals surface area contributed by atoms with Gasteiger partial charge in [0.05, 0.1) is 5.41 Å². The van der Waals surface area contributed by atoms with Crippen molar-refractivity contribution in [3.8, 4) is 0 Å². The lowest BCUT2D eigenvalue weighted by molar-refractivity contribution is -0.143. The molecule has 0 aromatic rings. The standard InChI is InChI=1S/C13H26N2O/c1-5-9-15(10(2)3)12(16)13(4)8-6-7-11(13)14/h10-11H,5-9,14H2,1-4H3. The van der Waals surface area contributed by atoms with Gasteiger partial charge in [-0.05, 0) is 40.0 Å². The van der Waals surface area contributed by atoms with E-state index in [0.717, 1.165) is 32.2 Å². The van der Waals surface area contributed by atoms with Crippen molar-refractivity contribution in [3.05, 3.63) is 0 Å². The molecule has 3 nitrogen and oxygen atoms in total. The number of rotatable bonds is 4. The molecular formula is C13H26N2O. The van der Waals surface area contributed by atoms with Gasteiger partial charge in [0.25, 0.3) is 0 Å². The first-order valence-corrected chi connectivity index (χ1v) is 6.50. The van der Waals surface area contributed by atoms with Crippen molar-refractivity contribution in [1.29, 1.82) is 0 Å². The normalized spacial score (nSPS) is 29.8. The highest BCUT2D eigenvalue weighted by molar-refractivity contribution is 5.83. The van der Waals surface area contributed by atoms with E-state index in [-0.39, 0.29) is 23.4 Å². The molecule has 0 spiro atoms. The smallest absolute Gasteiger partial charge is 0.230 e. The summed E-state index contributed by atoms with van der Waals surface area (Å²) in [4.78, 5) is 14.5. The molecule has 0 aliphatic heterocycles. The topological polar surface area (TPSA) is 46.3 Å². The first-order chi connectivity index (χ1) is 7.43. The summed E-state index contributed by atoms with van der Waals surface area (Å²) in [5, 5.41) is 0. The molecule has 1 aliphatic carbocycles. The summed E-state index contributed by atoms with van der Waals surface area (Å²) in [6.07, 6.45) is 4.02. The maximum Gasteiger partial charge on any atom is 0.230 e. The molecular weight excluding hydrogens is 200 g/mol. The molecule has 2 atom stereocenters. The van der Waals surface area contributed by atoms with Crippen molar-refractivity contribution in [2.75, 3.05) is 6.54 Å². The largest absolute Gasteiger partial charge is 0.340 e. The van der Waals surface area contributed by atoms with Crippen LogP contribution in [0.4, 0.5) is 0 Å². The van der Waals surface area contributed by atoms with Crippen LogP contribution in [0.15, 0.2) is 0 Å². The Balaban J connectivity index is 2.81. The number of amides is 1. The molecule has 16 heavy (non-hydrogen) atoms. The van der Waals surface area contributed by atoms with Crippen molar-refractivity contribution in [3.63, 3.8) is 0 Å². The first-order valence-electron chi connectivity index (χ1n) is 6.50. The highest BCUT2D eigenvalue weighted by Crippen LogP contribution is 2.38. The first kappa shape index (κ1) is 13.5. The molecule has 1 saturated carbocycles. The zero-order valence-electron chi connectivity index (χ0n) is 11.1. The predicted octanol–water partition coefficient (Wildman–Crippen LogP) is 2.15. The molecule has 1 amide bonds. The lowest BCUT2D eigenvalue weighted by Gasteiger charge is -2.36. The average molecular weight is 226 g/mol. The lowest BCUT2D eigenvalue weighted by atomic mass is 9.83. The van der Waals surface area contributed by atoms with Crippen molar-refractivity contribution < 1.29 is 4.79 Å². The fraction of sp³-hybridized carbons (Fsp3) is 0.923. The number of hydrogen-bond donors (Lipinski definition) is 1. The molecule has 3 heteroatoms. The van der Waals surface area contributed by atoms with E-state index in [1.54, 1.807) is 0 Å². The SMILES string of the molecule is CCCN(C(=O)C1(C)CCCC1N)C(C)C. The monoisotopic (exact) mass is 226 g/mol. The van der Waals surface area contributed by atoms with Gasteiger partial charge in [0.1, 0.15) is 0 Å². The van der Waals surface area contributed by atoms with Crippen LogP contribution in [0.1, 0.15) is 53.4 Å². The second-order valence-corrected chi connectivity index (χ2v) is 5.51. The second kappa shape index (κ2) is 5.17. The van der Waals surface area contributed by atoms with E-state index in [1.807, 2.05) is 11.8 Å². The Morgan fingerprint density at radius 2 is 2.19 bits per heavy atom. The van der Waals surface area contributed by atoms with E-state index < -0.39 is 0 Å². The fourth-order valence-corrected chi connectivity index (χ4v) is 2.62. The van der Waals surface area contributed by atoms with Gasteiger partial charge in [0.15, 0.2) is 0 Å². The molecule has 2 N–H and O–H groups in total. The molecule has 2 unspecified atom stereocenters. The van der Waals surface area contributed by atoms with Crippen LogP contribution in [-0.4, -0.2) is 29.4 Å². The Morgan fingerprint density at radius 3 is 2.56 bits per heavy atom. The minimum Gasteiger partial charge on any atom is -0.340 e. The van der Waals surface area contributed by atoms with E-state index in [1.165, 1.54) is 0 Å². The van der Waals surface area contributed by atoms with Gasteiger partial charge in [-0.1, -0.05) is 13.3 Å². The average Bonchev–Trinajstić information content (AvgIpc) is 2.56. The second-order valence-electron chi connectivity index (χ2n) is 5.51. The molecule has 0 heterocycles. The van der Waals surface area contributed by atoms with Gasteiger partial charge < -0.3 is 10.6 Å². The molecule has 0 saturated heterocycles. The van der Waals surface area contributed by atoms with Gasteiger partial charge in [0, 0.05) is 18.6 Å². The number of hydrogen-bond acceptors (Lipinski definition) is 2. The minimum atomic E-state index is -0.320. The zero-order chi connectivity index (χ0) is 12.3. The maximum absolute atomic E-state index is 12.6. The quantitative estimate of drug-likeness (QED) is 0.798. The number of nitrogens with zero attached hydrogens (tertiary/aromatic N) is 1. The highest BCUT2D eigenvalue weighted by Gasteiger charge is 2.45. The Hall–Kier alpha value is -0.570. The van der Waals surface area contributed by atoms with Crippen LogP contribution < -0.4 is 5.73 Å².